The highest BCUT2D eigenvalue weighted by Gasteiger charge is 2.12. The molecule has 1 heterocycles. The molecule has 28 heavy (non-hydrogen) atoms. The second-order valence-electron chi connectivity index (χ2n) is 5.84. The molecule has 142 valence electrons. The smallest absolute Gasteiger partial charge is 0.291 e. The summed E-state index contributed by atoms with van der Waals surface area (Å²) in [5, 5.41) is 8.93. The van der Waals surface area contributed by atoms with Crippen molar-refractivity contribution in [2.24, 2.45) is 0 Å². The number of thiocarbonyl (C=S) groups is 1. The van der Waals surface area contributed by atoms with Crippen molar-refractivity contribution in [1.29, 1.82) is 0 Å². The zero-order valence-electron chi connectivity index (χ0n) is 14.8. The van der Waals surface area contributed by atoms with Gasteiger partial charge < -0.3 is 20.4 Å². The summed E-state index contributed by atoms with van der Waals surface area (Å²) in [6, 6.07) is 17.4. The van der Waals surface area contributed by atoms with Crippen LogP contribution in [0.25, 0.3) is 11.3 Å². The topological polar surface area (TPSA) is 83.4 Å². The van der Waals surface area contributed by atoms with E-state index in [2.05, 4.69) is 16.0 Å². The van der Waals surface area contributed by atoms with Crippen molar-refractivity contribution in [3.8, 4) is 11.3 Å². The van der Waals surface area contributed by atoms with Crippen LogP contribution in [0.2, 0.25) is 5.02 Å². The number of benzene rings is 2. The summed E-state index contributed by atoms with van der Waals surface area (Å²) in [5.41, 5.74) is 2.10. The van der Waals surface area contributed by atoms with Gasteiger partial charge in [-0.05, 0) is 72.9 Å². The van der Waals surface area contributed by atoms with Crippen molar-refractivity contribution in [3.05, 3.63) is 71.4 Å². The highest BCUT2D eigenvalue weighted by Crippen LogP contribution is 2.24. The summed E-state index contributed by atoms with van der Waals surface area (Å²) >= 11 is 10.9. The van der Waals surface area contributed by atoms with E-state index in [1.165, 1.54) is 6.92 Å². The van der Waals surface area contributed by atoms with Gasteiger partial charge >= 0.3 is 0 Å². The number of carbonyl (C=O) groups is 2. The first-order valence-corrected chi connectivity index (χ1v) is 9.05. The Labute approximate surface area is 171 Å². The number of amides is 2. The Morgan fingerprint density at radius 3 is 2.11 bits per heavy atom. The van der Waals surface area contributed by atoms with Crippen LogP contribution in [0.3, 0.4) is 0 Å². The van der Waals surface area contributed by atoms with Gasteiger partial charge in [-0.2, -0.15) is 0 Å². The Bertz CT molecular complexity index is 1010. The number of halogens is 1. The number of nitrogens with one attached hydrogen (secondary N) is 3. The van der Waals surface area contributed by atoms with E-state index in [1.807, 2.05) is 12.1 Å². The van der Waals surface area contributed by atoms with Crippen molar-refractivity contribution in [2.45, 2.75) is 6.92 Å². The van der Waals surface area contributed by atoms with Gasteiger partial charge in [-0.3, -0.25) is 9.59 Å². The molecule has 2 aromatic carbocycles. The van der Waals surface area contributed by atoms with E-state index < -0.39 is 0 Å². The van der Waals surface area contributed by atoms with E-state index in [-0.39, 0.29) is 22.7 Å². The minimum Gasteiger partial charge on any atom is -0.451 e. The van der Waals surface area contributed by atoms with Crippen LogP contribution in [-0.2, 0) is 4.79 Å². The van der Waals surface area contributed by atoms with Crippen LogP contribution >= 0.6 is 23.8 Å². The van der Waals surface area contributed by atoms with E-state index >= 15 is 0 Å². The van der Waals surface area contributed by atoms with Gasteiger partial charge in [0.1, 0.15) is 5.76 Å². The van der Waals surface area contributed by atoms with Crippen molar-refractivity contribution in [2.75, 3.05) is 10.6 Å². The van der Waals surface area contributed by atoms with Crippen LogP contribution in [0.15, 0.2) is 65.1 Å². The molecule has 0 unspecified atom stereocenters. The molecule has 0 aliphatic heterocycles. The fraction of sp³-hybridized carbons (Fsp3) is 0.0500. The highest BCUT2D eigenvalue weighted by molar-refractivity contribution is 7.80. The number of carbonyl (C=O) groups excluding carboxylic acids is 2. The highest BCUT2D eigenvalue weighted by atomic mass is 35.5. The van der Waals surface area contributed by atoms with E-state index in [0.717, 1.165) is 5.56 Å². The zero-order valence-corrected chi connectivity index (χ0v) is 16.4. The summed E-state index contributed by atoms with van der Waals surface area (Å²) in [6.45, 7) is 1.37. The molecule has 0 fully saturated rings. The molecule has 6 nitrogen and oxygen atoms in total. The van der Waals surface area contributed by atoms with Gasteiger partial charge in [0, 0.05) is 28.9 Å². The van der Waals surface area contributed by atoms with Crippen molar-refractivity contribution >= 4 is 52.1 Å². The number of rotatable bonds is 4. The average Bonchev–Trinajstić information content (AvgIpc) is 3.13. The molecule has 0 aliphatic rings. The molecule has 0 spiro atoms. The van der Waals surface area contributed by atoms with Crippen LogP contribution in [0.5, 0.6) is 0 Å². The Morgan fingerprint density at radius 2 is 1.50 bits per heavy atom. The molecule has 0 saturated carbocycles. The summed E-state index contributed by atoms with van der Waals surface area (Å²) in [6.07, 6.45) is 0. The molecule has 3 rings (SSSR count). The van der Waals surface area contributed by atoms with Crippen LogP contribution in [0.1, 0.15) is 17.5 Å². The van der Waals surface area contributed by atoms with Crippen molar-refractivity contribution in [1.82, 2.24) is 5.32 Å². The Kier molecular flexibility index (Phi) is 6.08. The van der Waals surface area contributed by atoms with Crippen LogP contribution in [0.4, 0.5) is 11.4 Å². The quantitative estimate of drug-likeness (QED) is 0.540. The summed E-state index contributed by atoms with van der Waals surface area (Å²) in [5.74, 6) is 0.152. The number of anilines is 2. The molecule has 8 heteroatoms. The average molecular weight is 414 g/mol. The van der Waals surface area contributed by atoms with Gasteiger partial charge in [-0.25, -0.2) is 0 Å². The van der Waals surface area contributed by atoms with E-state index in [0.29, 0.717) is 22.2 Å². The van der Waals surface area contributed by atoms with E-state index in [1.54, 1.807) is 48.5 Å². The van der Waals surface area contributed by atoms with Gasteiger partial charge in [-0.15, -0.1) is 0 Å². The third kappa shape index (κ3) is 5.18. The standard InChI is InChI=1S/C20H16ClN3O3S/c1-12(25)22-20(28)24-16-8-6-15(7-9-16)23-19(26)18-11-10-17(27-18)13-2-4-14(21)5-3-13/h2-11H,1H3,(H,23,26)(H2,22,24,25,28). The number of hydrogen-bond acceptors (Lipinski definition) is 4. The maximum absolute atomic E-state index is 12.4. The molecule has 0 bridgehead atoms. The minimum atomic E-state index is -0.366. The fourth-order valence-electron chi connectivity index (χ4n) is 2.38. The molecule has 3 aromatic rings. The molecule has 3 N–H and O–H groups in total. The van der Waals surface area contributed by atoms with Crippen LogP contribution in [0, 0.1) is 0 Å². The van der Waals surface area contributed by atoms with E-state index in [9.17, 15) is 9.59 Å². The molecule has 0 atom stereocenters. The molecular weight excluding hydrogens is 398 g/mol. The molecular formula is C20H16ClN3O3S. The number of furan rings is 1. The normalized spacial score (nSPS) is 10.2. The Morgan fingerprint density at radius 1 is 0.893 bits per heavy atom. The van der Waals surface area contributed by atoms with Crippen LogP contribution in [-0.4, -0.2) is 16.9 Å². The lowest BCUT2D eigenvalue weighted by Gasteiger charge is -2.09. The van der Waals surface area contributed by atoms with Gasteiger partial charge in [0.05, 0.1) is 0 Å². The third-order valence-electron chi connectivity index (χ3n) is 3.65. The largest absolute Gasteiger partial charge is 0.451 e. The zero-order chi connectivity index (χ0) is 20.1. The first-order valence-electron chi connectivity index (χ1n) is 8.26. The summed E-state index contributed by atoms with van der Waals surface area (Å²) in [7, 11) is 0. The first-order chi connectivity index (χ1) is 13.4. The molecule has 2 amide bonds. The lowest BCUT2D eigenvalue weighted by Crippen LogP contribution is -2.32. The first kappa shape index (κ1) is 19.6. The second kappa shape index (κ2) is 8.69. The lowest BCUT2D eigenvalue weighted by molar-refractivity contribution is -0.117. The second-order valence-corrected chi connectivity index (χ2v) is 6.68. The fourth-order valence-corrected chi connectivity index (χ4v) is 2.77. The maximum Gasteiger partial charge on any atom is 0.291 e. The lowest BCUT2D eigenvalue weighted by atomic mass is 10.2. The minimum absolute atomic E-state index is 0.194. The molecule has 1 aromatic heterocycles. The monoisotopic (exact) mass is 413 g/mol. The maximum atomic E-state index is 12.4. The molecule has 0 aliphatic carbocycles. The van der Waals surface area contributed by atoms with Gasteiger partial charge in [0.15, 0.2) is 10.9 Å². The molecule has 0 radical (unpaired) electrons. The van der Waals surface area contributed by atoms with E-state index in [4.69, 9.17) is 28.2 Å². The predicted octanol–water partition coefficient (Wildman–Crippen LogP) is 4.69. The predicted molar refractivity (Wildman–Crippen MR) is 114 cm³/mol. The van der Waals surface area contributed by atoms with Crippen LogP contribution < -0.4 is 16.0 Å². The number of hydrogen-bond donors (Lipinski definition) is 3. The Hall–Kier alpha value is -3.16. The van der Waals surface area contributed by atoms with Crippen molar-refractivity contribution in [3.63, 3.8) is 0 Å². The summed E-state index contributed by atoms with van der Waals surface area (Å²) < 4.78 is 5.63. The molecule has 0 saturated heterocycles. The third-order valence-corrected chi connectivity index (χ3v) is 4.10. The van der Waals surface area contributed by atoms with Gasteiger partial charge in [-0.1, -0.05) is 11.6 Å². The SMILES string of the molecule is CC(=O)NC(=S)Nc1ccc(NC(=O)c2ccc(-c3ccc(Cl)cc3)o2)cc1. The van der Waals surface area contributed by atoms with Gasteiger partial charge in [0.2, 0.25) is 5.91 Å². The van der Waals surface area contributed by atoms with Gasteiger partial charge in [0.25, 0.3) is 5.91 Å². The Balaban J connectivity index is 1.62. The van der Waals surface area contributed by atoms with Crippen molar-refractivity contribution < 1.29 is 14.0 Å². The summed E-state index contributed by atoms with van der Waals surface area (Å²) in [4.78, 5) is 23.3.